The number of alkyl halides is 1. The van der Waals surface area contributed by atoms with Crippen LogP contribution in [0.1, 0.15) is 11.1 Å². The molecule has 0 heterocycles. The number of benzene rings is 2. The maximum absolute atomic E-state index is 9.05. The molecular formula is C14H10BrN. The highest BCUT2D eigenvalue weighted by Gasteiger charge is 2.07. The van der Waals surface area contributed by atoms with Crippen molar-refractivity contribution in [3.63, 3.8) is 0 Å². The van der Waals surface area contributed by atoms with Crippen LogP contribution in [-0.4, -0.2) is 0 Å². The van der Waals surface area contributed by atoms with Crippen LogP contribution in [0.25, 0.3) is 11.1 Å². The highest BCUT2D eigenvalue weighted by Crippen LogP contribution is 2.27. The molecule has 0 fully saturated rings. The Hall–Kier alpha value is -1.59. The lowest BCUT2D eigenvalue weighted by Gasteiger charge is -2.08. The number of hydrogen-bond donors (Lipinski definition) is 0. The fourth-order valence-corrected chi connectivity index (χ4v) is 2.33. The molecule has 0 aliphatic carbocycles. The van der Waals surface area contributed by atoms with E-state index in [2.05, 4.69) is 34.1 Å². The SMILES string of the molecule is N#Cc1cccc(-c2ccccc2)c1CBr. The summed E-state index contributed by atoms with van der Waals surface area (Å²) in [5.74, 6) is 0. The zero-order chi connectivity index (χ0) is 11.4. The van der Waals surface area contributed by atoms with Gasteiger partial charge >= 0.3 is 0 Å². The summed E-state index contributed by atoms with van der Waals surface area (Å²) in [5.41, 5.74) is 4.06. The number of nitrogens with zero attached hydrogens (tertiary/aromatic N) is 1. The average Bonchev–Trinajstić information content (AvgIpc) is 2.38. The highest BCUT2D eigenvalue weighted by molar-refractivity contribution is 9.08. The van der Waals surface area contributed by atoms with Crippen LogP contribution in [0.3, 0.4) is 0 Å². The van der Waals surface area contributed by atoms with Gasteiger partial charge in [-0.25, -0.2) is 0 Å². The maximum atomic E-state index is 9.05. The lowest BCUT2D eigenvalue weighted by atomic mass is 9.97. The number of halogens is 1. The van der Waals surface area contributed by atoms with Gasteiger partial charge in [-0.1, -0.05) is 58.4 Å². The van der Waals surface area contributed by atoms with Crippen LogP contribution < -0.4 is 0 Å². The van der Waals surface area contributed by atoms with Gasteiger partial charge in [0.25, 0.3) is 0 Å². The molecule has 2 aromatic carbocycles. The van der Waals surface area contributed by atoms with Gasteiger partial charge in [-0.2, -0.15) is 5.26 Å². The van der Waals surface area contributed by atoms with E-state index in [1.807, 2.05) is 36.4 Å². The first-order valence-electron chi connectivity index (χ1n) is 5.00. The molecule has 16 heavy (non-hydrogen) atoms. The summed E-state index contributed by atoms with van der Waals surface area (Å²) in [7, 11) is 0. The van der Waals surface area contributed by atoms with Gasteiger partial charge in [-0.3, -0.25) is 0 Å². The minimum atomic E-state index is 0.695. The van der Waals surface area contributed by atoms with Crippen molar-refractivity contribution in [2.75, 3.05) is 0 Å². The normalized spacial score (nSPS) is 9.75. The summed E-state index contributed by atoms with van der Waals surface area (Å²) in [6.07, 6.45) is 0. The number of rotatable bonds is 2. The van der Waals surface area contributed by atoms with Crippen LogP contribution in [0.2, 0.25) is 0 Å². The van der Waals surface area contributed by atoms with Crippen LogP contribution in [0.4, 0.5) is 0 Å². The second-order valence-corrected chi connectivity index (χ2v) is 4.00. The Morgan fingerprint density at radius 3 is 2.38 bits per heavy atom. The molecule has 78 valence electrons. The Morgan fingerprint density at radius 1 is 1.00 bits per heavy atom. The van der Waals surface area contributed by atoms with E-state index in [0.717, 1.165) is 22.3 Å². The van der Waals surface area contributed by atoms with E-state index >= 15 is 0 Å². The Kier molecular flexibility index (Phi) is 3.38. The predicted octanol–water partition coefficient (Wildman–Crippen LogP) is 4.12. The van der Waals surface area contributed by atoms with Crippen molar-refractivity contribution in [3.05, 3.63) is 59.7 Å². The second-order valence-electron chi connectivity index (χ2n) is 3.44. The van der Waals surface area contributed by atoms with Gasteiger partial charge in [0, 0.05) is 5.33 Å². The molecule has 1 nitrogen and oxygen atoms in total. The molecule has 2 aromatic rings. The van der Waals surface area contributed by atoms with Crippen molar-refractivity contribution in [1.82, 2.24) is 0 Å². The Morgan fingerprint density at radius 2 is 1.75 bits per heavy atom. The van der Waals surface area contributed by atoms with Crippen molar-refractivity contribution >= 4 is 15.9 Å². The van der Waals surface area contributed by atoms with E-state index in [0.29, 0.717) is 5.33 Å². The lowest BCUT2D eigenvalue weighted by Crippen LogP contribution is -1.90. The molecule has 2 heteroatoms. The molecule has 2 rings (SSSR count). The number of hydrogen-bond acceptors (Lipinski definition) is 1. The molecule has 0 aliphatic heterocycles. The van der Waals surface area contributed by atoms with E-state index in [1.165, 1.54) is 0 Å². The molecule has 0 aromatic heterocycles. The van der Waals surface area contributed by atoms with Gasteiger partial charge in [0.2, 0.25) is 0 Å². The molecule has 0 amide bonds. The van der Waals surface area contributed by atoms with Gasteiger partial charge in [0.1, 0.15) is 0 Å². The van der Waals surface area contributed by atoms with Crippen molar-refractivity contribution in [2.24, 2.45) is 0 Å². The number of nitriles is 1. The summed E-state index contributed by atoms with van der Waals surface area (Å²) in [4.78, 5) is 0. The Balaban J connectivity index is 2.62. The van der Waals surface area contributed by atoms with E-state index in [4.69, 9.17) is 5.26 Å². The fraction of sp³-hybridized carbons (Fsp3) is 0.0714. The van der Waals surface area contributed by atoms with Gasteiger partial charge < -0.3 is 0 Å². The zero-order valence-electron chi connectivity index (χ0n) is 8.65. The van der Waals surface area contributed by atoms with Gasteiger partial charge in [-0.15, -0.1) is 0 Å². The molecule has 0 spiro atoms. The van der Waals surface area contributed by atoms with Gasteiger partial charge in [0.05, 0.1) is 11.6 Å². The molecule has 0 radical (unpaired) electrons. The summed E-state index contributed by atoms with van der Waals surface area (Å²) >= 11 is 3.45. The zero-order valence-corrected chi connectivity index (χ0v) is 10.2. The van der Waals surface area contributed by atoms with E-state index in [9.17, 15) is 0 Å². The minimum Gasteiger partial charge on any atom is -0.192 e. The third-order valence-electron chi connectivity index (χ3n) is 2.51. The van der Waals surface area contributed by atoms with Crippen molar-refractivity contribution < 1.29 is 0 Å². The summed E-state index contributed by atoms with van der Waals surface area (Å²) in [6.45, 7) is 0. The van der Waals surface area contributed by atoms with Crippen LogP contribution >= 0.6 is 15.9 Å². The topological polar surface area (TPSA) is 23.8 Å². The first-order valence-corrected chi connectivity index (χ1v) is 6.12. The third-order valence-corrected chi connectivity index (χ3v) is 3.08. The quantitative estimate of drug-likeness (QED) is 0.754. The molecule has 0 atom stereocenters. The van der Waals surface area contributed by atoms with Crippen LogP contribution in [0.5, 0.6) is 0 Å². The molecule has 0 unspecified atom stereocenters. The van der Waals surface area contributed by atoms with Crippen molar-refractivity contribution in [1.29, 1.82) is 5.26 Å². The molecular weight excluding hydrogens is 262 g/mol. The van der Waals surface area contributed by atoms with Gasteiger partial charge in [0.15, 0.2) is 0 Å². The first kappa shape index (κ1) is 10.9. The van der Waals surface area contributed by atoms with Crippen LogP contribution in [0.15, 0.2) is 48.5 Å². The maximum Gasteiger partial charge on any atom is 0.0995 e. The van der Waals surface area contributed by atoms with E-state index in [-0.39, 0.29) is 0 Å². The van der Waals surface area contributed by atoms with E-state index < -0.39 is 0 Å². The monoisotopic (exact) mass is 271 g/mol. The van der Waals surface area contributed by atoms with Crippen molar-refractivity contribution in [3.8, 4) is 17.2 Å². The average molecular weight is 272 g/mol. The second kappa shape index (κ2) is 4.96. The van der Waals surface area contributed by atoms with Crippen molar-refractivity contribution in [2.45, 2.75) is 5.33 Å². The standard InChI is InChI=1S/C14H10BrN/c15-9-14-12(10-16)7-4-8-13(14)11-5-2-1-3-6-11/h1-8H,9H2. The largest absolute Gasteiger partial charge is 0.192 e. The first-order chi connectivity index (χ1) is 7.86. The molecule has 0 saturated heterocycles. The Labute approximate surface area is 103 Å². The summed E-state index contributed by atoms with van der Waals surface area (Å²) in [6, 6.07) is 18.2. The smallest absolute Gasteiger partial charge is 0.0995 e. The van der Waals surface area contributed by atoms with Crippen LogP contribution in [0, 0.1) is 11.3 Å². The molecule has 0 bridgehead atoms. The van der Waals surface area contributed by atoms with Crippen LogP contribution in [-0.2, 0) is 5.33 Å². The van der Waals surface area contributed by atoms with Gasteiger partial charge in [-0.05, 0) is 22.8 Å². The Bertz CT molecular complexity index is 526. The lowest BCUT2D eigenvalue weighted by molar-refractivity contribution is 1.37. The molecule has 0 N–H and O–H groups in total. The molecule has 0 aliphatic rings. The minimum absolute atomic E-state index is 0.695. The van der Waals surface area contributed by atoms with E-state index in [1.54, 1.807) is 0 Å². The predicted molar refractivity (Wildman–Crippen MR) is 69.2 cm³/mol. The highest BCUT2D eigenvalue weighted by atomic mass is 79.9. The summed E-state index contributed by atoms with van der Waals surface area (Å²) in [5, 5.41) is 9.75. The third kappa shape index (κ3) is 2.00. The fourth-order valence-electron chi connectivity index (χ4n) is 1.72. The molecule has 0 saturated carbocycles. The summed E-state index contributed by atoms with van der Waals surface area (Å²) < 4.78 is 0.